The summed E-state index contributed by atoms with van der Waals surface area (Å²) in [6.45, 7) is 1.31. The first-order chi connectivity index (χ1) is 12.2. The van der Waals surface area contributed by atoms with Crippen molar-refractivity contribution in [2.75, 3.05) is 27.1 Å². The fourth-order valence-corrected chi connectivity index (χ4v) is 5.91. The number of hydrogen-bond acceptors (Lipinski definition) is 4. The third-order valence-corrected chi connectivity index (χ3v) is 6.48. The third kappa shape index (κ3) is 3.34. The molecule has 25 heavy (non-hydrogen) atoms. The maximum atomic E-state index is 11.3. The molecule has 4 bridgehead atoms. The number of aldehydes is 1. The van der Waals surface area contributed by atoms with E-state index in [9.17, 15) is 4.79 Å². The van der Waals surface area contributed by atoms with E-state index >= 15 is 0 Å². The first-order valence-corrected chi connectivity index (χ1v) is 9.51. The summed E-state index contributed by atoms with van der Waals surface area (Å²) in [5.41, 5.74) is 2.19. The minimum absolute atomic E-state index is 0.204. The Morgan fingerprint density at radius 3 is 2.36 bits per heavy atom. The van der Waals surface area contributed by atoms with E-state index in [2.05, 4.69) is 6.07 Å². The van der Waals surface area contributed by atoms with E-state index in [-0.39, 0.29) is 12.2 Å². The van der Waals surface area contributed by atoms with Crippen LogP contribution < -0.4 is 4.74 Å². The van der Waals surface area contributed by atoms with Gasteiger partial charge in [0.1, 0.15) is 12.0 Å². The smallest absolute Gasteiger partial charge is 0.189 e. The van der Waals surface area contributed by atoms with Gasteiger partial charge in [-0.25, -0.2) is 0 Å². The van der Waals surface area contributed by atoms with E-state index < -0.39 is 0 Å². The van der Waals surface area contributed by atoms with Crippen molar-refractivity contribution in [1.82, 2.24) is 0 Å². The molecule has 1 aromatic rings. The molecule has 4 aliphatic rings. The van der Waals surface area contributed by atoms with E-state index in [1.165, 1.54) is 44.1 Å². The number of benzene rings is 1. The second-order valence-electron chi connectivity index (χ2n) is 8.23. The fraction of sp³-hybridized carbons (Fsp3) is 0.667. The second-order valence-corrected chi connectivity index (χ2v) is 8.23. The van der Waals surface area contributed by atoms with E-state index in [4.69, 9.17) is 14.2 Å². The van der Waals surface area contributed by atoms with Gasteiger partial charge in [-0.15, -0.1) is 0 Å². The van der Waals surface area contributed by atoms with Crippen molar-refractivity contribution >= 4 is 6.29 Å². The van der Waals surface area contributed by atoms with Gasteiger partial charge >= 0.3 is 0 Å². The van der Waals surface area contributed by atoms with Crippen molar-refractivity contribution in [3.63, 3.8) is 0 Å². The molecule has 4 fully saturated rings. The standard InChI is InChI=1S/C21H28O4/c1-23-4-5-24-14-25-20-3-2-15(13-22)9-19(20)21-10-16-6-17(11-21)8-18(7-16)12-21/h2-3,9,13,16-18H,4-8,10-12,14H2,1H3. The number of carbonyl (C=O) groups excluding carboxylic acids is 1. The summed E-state index contributed by atoms with van der Waals surface area (Å²) in [6, 6.07) is 5.88. The Morgan fingerprint density at radius 1 is 1.08 bits per heavy atom. The lowest BCUT2D eigenvalue weighted by atomic mass is 9.48. The molecule has 0 heterocycles. The monoisotopic (exact) mass is 344 g/mol. The molecular formula is C21H28O4. The van der Waals surface area contributed by atoms with Gasteiger partial charge < -0.3 is 14.2 Å². The lowest BCUT2D eigenvalue weighted by Crippen LogP contribution is -2.48. The second kappa shape index (κ2) is 7.08. The molecule has 0 spiro atoms. The number of ether oxygens (including phenoxy) is 3. The molecule has 0 saturated heterocycles. The highest BCUT2D eigenvalue weighted by molar-refractivity contribution is 5.76. The van der Waals surface area contributed by atoms with Crippen LogP contribution in [-0.4, -0.2) is 33.4 Å². The molecule has 0 N–H and O–H groups in total. The Labute approximate surface area is 149 Å². The highest BCUT2D eigenvalue weighted by atomic mass is 16.7. The number of methoxy groups -OCH3 is 1. The zero-order chi connectivity index (χ0) is 17.3. The summed E-state index contributed by atoms with van der Waals surface area (Å²) in [6.07, 6.45) is 8.92. The van der Waals surface area contributed by atoms with Crippen molar-refractivity contribution in [3.05, 3.63) is 29.3 Å². The minimum atomic E-state index is 0.204. The fourth-order valence-electron chi connectivity index (χ4n) is 5.91. The highest BCUT2D eigenvalue weighted by Crippen LogP contribution is 2.61. The lowest BCUT2D eigenvalue weighted by molar-refractivity contribution is -0.0189. The summed E-state index contributed by atoms with van der Waals surface area (Å²) in [5.74, 6) is 3.47. The zero-order valence-electron chi connectivity index (χ0n) is 15.0. The summed E-state index contributed by atoms with van der Waals surface area (Å²) in [7, 11) is 1.66. The van der Waals surface area contributed by atoms with Crippen molar-refractivity contribution < 1.29 is 19.0 Å². The van der Waals surface area contributed by atoms with Gasteiger partial charge in [-0.05, 0) is 79.9 Å². The number of hydrogen-bond donors (Lipinski definition) is 0. The molecule has 136 valence electrons. The minimum Gasteiger partial charge on any atom is -0.467 e. The van der Waals surface area contributed by atoms with Gasteiger partial charge in [-0.2, -0.15) is 0 Å². The van der Waals surface area contributed by atoms with Gasteiger partial charge in [0.15, 0.2) is 6.79 Å². The maximum Gasteiger partial charge on any atom is 0.189 e. The predicted molar refractivity (Wildman–Crippen MR) is 95.0 cm³/mol. The Hall–Kier alpha value is -1.39. The predicted octanol–water partition coefficient (Wildman–Crippen LogP) is 3.97. The van der Waals surface area contributed by atoms with Crippen LogP contribution in [0.2, 0.25) is 0 Å². The summed E-state index contributed by atoms with van der Waals surface area (Å²) < 4.78 is 16.5. The first kappa shape index (κ1) is 17.0. The van der Waals surface area contributed by atoms with Crippen molar-refractivity contribution in [1.29, 1.82) is 0 Å². The van der Waals surface area contributed by atoms with Crippen LogP contribution in [0, 0.1) is 17.8 Å². The highest BCUT2D eigenvalue weighted by Gasteiger charge is 2.52. The lowest BCUT2D eigenvalue weighted by Gasteiger charge is -2.57. The number of carbonyl (C=O) groups is 1. The van der Waals surface area contributed by atoms with Gasteiger partial charge in [0, 0.05) is 18.2 Å². The van der Waals surface area contributed by atoms with E-state index in [0.29, 0.717) is 13.2 Å². The van der Waals surface area contributed by atoms with Crippen LogP contribution >= 0.6 is 0 Å². The molecule has 0 radical (unpaired) electrons. The Morgan fingerprint density at radius 2 is 1.76 bits per heavy atom. The average molecular weight is 344 g/mol. The Bertz CT molecular complexity index is 589. The largest absolute Gasteiger partial charge is 0.467 e. The average Bonchev–Trinajstić information content (AvgIpc) is 2.60. The van der Waals surface area contributed by atoms with Crippen LogP contribution in [0.15, 0.2) is 18.2 Å². The van der Waals surface area contributed by atoms with Crippen LogP contribution in [0.4, 0.5) is 0 Å². The van der Waals surface area contributed by atoms with Crippen LogP contribution in [0.25, 0.3) is 0 Å². The van der Waals surface area contributed by atoms with Crippen LogP contribution in [-0.2, 0) is 14.9 Å². The van der Waals surface area contributed by atoms with Gasteiger partial charge in [0.05, 0.1) is 13.2 Å². The van der Waals surface area contributed by atoms with Gasteiger partial charge in [-0.3, -0.25) is 4.79 Å². The van der Waals surface area contributed by atoms with Crippen LogP contribution in [0.3, 0.4) is 0 Å². The quantitative estimate of drug-likeness (QED) is 0.407. The van der Waals surface area contributed by atoms with Crippen LogP contribution in [0.1, 0.15) is 54.4 Å². The van der Waals surface area contributed by atoms with Crippen molar-refractivity contribution in [2.24, 2.45) is 17.8 Å². The summed E-state index contributed by atoms with van der Waals surface area (Å²) >= 11 is 0. The maximum absolute atomic E-state index is 11.3. The van der Waals surface area contributed by atoms with Gasteiger partial charge in [0.25, 0.3) is 0 Å². The molecule has 0 aliphatic heterocycles. The topological polar surface area (TPSA) is 44.8 Å². The molecule has 0 unspecified atom stereocenters. The van der Waals surface area contributed by atoms with Crippen LogP contribution in [0.5, 0.6) is 5.75 Å². The Kier molecular flexibility index (Phi) is 4.83. The SMILES string of the molecule is COCCOCOc1ccc(C=O)cc1C12CC3CC(CC(C3)C1)C2. The van der Waals surface area contributed by atoms with Crippen molar-refractivity contribution in [2.45, 2.75) is 43.9 Å². The summed E-state index contributed by atoms with van der Waals surface area (Å²) in [4.78, 5) is 11.3. The molecule has 5 rings (SSSR count). The molecule has 4 saturated carbocycles. The Balaban J connectivity index is 1.58. The zero-order valence-corrected chi connectivity index (χ0v) is 15.0. The van der Waals surface area contributed by atoms with Gasteiger partial charge in [-0.1, -0.05) is 0 Å². The van der Waals surface area contributed by atoms with E-state index in [1.807, 2.05) is 12.1 Å². The molecular weight excluding hydrogens is 316 g/mol. The van der Waals surface area contributed by atoms with E-state index in [1.54, 1.807) is 7.11 Å². The molecule has 4 heteroatoms. The van der Waals surface area contributed by atoms with Crippen molar-refractivity contribution in [3.8, 4) is 5.75 Å². The third-order valence-electron chi connectivity index (χ3n) is 6.48. The molecule has 0 atom stereocenters. The molecule has 0 amide bonds. The molecule has 4 aliphatic carbocycles. The normalized spacial score (nSPS) is 32.8. The first-order valence-electron chi connectivity index (χ1n) is 9.51. The molecule has 1 aromatic carbocycles. The molecule has 0 aromatic heterocycles. The van der Waals surface area contributed by atoms with Gasteiger partial charge in [0.2, 0.25) is 0 Å². The summed E-state index contributed by atoms with van der Waals surface area (Å²) in [5, 5.41) is 0. The van der Waals surface area contributed by atoms with E-state index in [0.717, 1.165) is 35.4 Å². The number of rotatable bonds is 8. The molecule has 4 nitrogen and oxygen atoms in total.